The summed E-state index contributed by atoms with van der Waals surface area (Å²) in [6.07, 6.45) is 5.01. The van der Waals surface area contributed by atoms with Crippen molar-refractivity contribution in [3.63, 3.8) is 0 Å². The number of rotatable bonds is 5. The van der Waals surface area contributed by atoms with Gasteiger partial charge >= 0.3 is 0 Å². The monoisotopic (exact) mass is 237 g/mol. The predicted molar refractivity (Wildman–Crippen MR) is 62.5 cm³/mol. The zero-order valence-corrected chi connectivity index (χ0v) is 9.56. The standard InChI is InChI=1S/C10H11N3O2S/c1-3-4-11-5-9(15)13-10-12-8(6-16-10)7(2)14/h1,6,11H,4-5H2,2H3,(H,12,13,15). The van der Waals surface area contributed by atoms with Gasteiger partial charge in [0.15, 0.2) is 10.9 Å². The molecule has 0 spiro atoms. The largest absolute Gasteiger partial charge is 0.301 e. The number of hydrogen-bond acceptors (Lipinski definition) is 5. The van der Waals surface area contributed by atoms with Gasteiger partial charge < -0.3 is 5.32 Å². The highest BCUT2D eigenvalue weighted by molar-refractivity contribution is 7.14. The second kappa shape index (κ2) is 6.00. The first-order chi connectivity index (χ1) is 7.63. The molecule has 0 radical (unpaired) electrons. The van der Waals surface area contributed by atoms with Gasteiger partial charge in [-0.3, -0.25) is 14.9 Å². The molecule has 0 bridgehead atoms. The van der Waals surface area contributed by atoms with Gasteiger partial charge in [-0.05, 0) is 0 Å². The Bertz CT molecular complexity index is 434. The summed E-state index contributed by atoms with van der Waals surface area (Å²) in [5, 5.41) is 7.33. The summed E-state index contributed by atoms with van der Waals surface area (Å²) in [7, 11) is 0. The normalized spacial score (nSPS) is 9.50. The molecule has 0 fully saturated rings. The fourth-order valence-corrected chi connectivity index (χ4v) is 1.67. The van der Waals surface area contributed by atoms with Crippen LogP contribution >= 0.6 is 11.3 Å². The van der Waals surface area contributed by atoms with Gasteiger partial charge in [0, 0.05) is 12.3 Å². The van der Waals surface area contributed by atoms with Crippen LogP contribution in [0.2, 0.25) is 0 Å². The number of thiazole rings is 1. The van der Waals surface area contributed by atoms with E-state index in [-0.39, 0.29) is 18.2 Å². The molecule has 1 rings (SSSR count). The van der Waals surface area contributed by atoms with Crippen molar-refractivity contribution in [3.05, 3.63) is 11.1 Å². The van der Waals surface area contributed by atoms with Gasteiger partial charge in [0.05, 0.1) is 13.1 Å². The van der Waals surface area contributed by atoms with E-state index in [4.69, 9.17) is 6.42 Å². The van der Waals surface area contributed by atoms with Crippen molar-refractivity contribution in [1.82, 2.24) is 10.3 Å². The molecule has 1 aromatic heterocycles. The Morgan fingerprint density at radius 1 is 1.62 bits per heavy atom. The molecule has 0 aliphatic heterocycles. The van der Waals surface area contributed by atoms with E-state index in [9.17, 15) is 9.59 Å². The van der Waals surface area contributed by atoms with Crippen LogP contribution < -0.4 is 10.6 Å². The van der Waals surface area contributed by atoms with Gasteiger partial charge in [0.2, 0.25) is 5.91 Å². The molecule has 2 N–H and O–H groups in total. The van der Waals surface area contributed by atoms with Crippen LogP contribution in [0, 0.1) is 12.3 Å². The smallest absolute Gasteiger partial charge is 0.240 e. The molecule has 1 heterocycles. The summed E-state index contributed by atoms with van der Waals surface area (Å²) in [5.41, 5.74) is 0.358. The number of anilines is 1. The summed E-state index contributed by atoms with van der Waals surface area (Å²) in [4.78, 5) is 26.2. The van der Waals surface area contributed by atoms with E-state index in [0.717, 1.165) is 0 Å². The summed E-state index contributed by atoms with van der Waals surface area (Å²) >= 11 is 1.21. The van der Waals surface area contributed by atoms with Crippen LogP contribution in [0.3, 0.4) is 0 Å². The highest BCUT2D eigenvalue weighted by Crippen LogP contribution is 2.15. The Labute approximate surface area is 97.3 Å². The number of amides is 1. The number of hydrogen-bond donors (Lipinski definition) is 2. The van der Waals surface area contributed by atoms with E-state index in [1.807, 2.05) is 0 Å². The lowest BCUT2D eigenvalue weighted by molar-refractivity contribution is -0.115. The first kappa shape index (κ1) is 12.4. The molecule has 1 amide bonds. The zero-order valence-electron chi connectivity index (χ0n) is 8.74. The summed E-state index contributed by atoms with van der Waals surface area (Å²) in [6.45, 7) is 1.89. The van der Waals surface area contributed by atoms with Crippen molar-refractivity contribution in [2.75, 3.05) is 18.4 Å². The molecule has 0 unspecified atom stereocenters. The first-order valence-electron chi connectivity index (χ1n) is 4.54. The van der Waals surface area contributed by atoms with Crippen molar-refractivity contribution in [2.45, 2.75) is 6.92 Å². The third kappa shape index (κ3) is 3.81. The molecule has 5 nitrogen and oxygen atoms in total. The van der Waals surface area contributed by atoms with Crippen LogP contribution in [0.1, 0.15) is 17.4 Å². The molecule has 16 heavy (non-hydrogen) atoms. The summed E-state index contributed by atoms with van der Waals surface area (Å²) < 4.78 is 0. The molecule has 0 atom stereocenters. The fraction of sp³-hybridized carbons (Fsp3) is 0.300. The van der Waals surface area contributed by atoms with Crippen molar-refractivity contribution in [3.8, 4) is 12.3 Å². The third-order valence-electron chi connectivity index (χ3n) is 1.62. The minimum atomic E-state index is -0.236. The maximum atomic E-state index is 11.3. The molecule has 1 aromatic rings. The van der Waals surface area contributed by atoms with Crippen LogP contribution in [-0.4, -0.2) is 29.8 Å². The number of ketones is 1. The van der Waals surface area contributed by atoms with Gasteiger partial charge in [0.1, 0.15) is 5.69 Å². The molecule has 0 saturated heterocycles. The van der Waals surface area contributed by atoms with E-state index in [1.54, 1.807) is 5.38 Å². The number of nitrogens with one attached hydrogen (secondary N) is 2. The van der Waals surface area contributed by atoms with Gasteiger partial charge in [-0.15, -0.1) is 17.8 Å². The molecule has 0 aliphatic carbocycles. The zero-order chi connectivity index (χ0) is 12.0. The Kier molecular flexibility index (Phi) is 4.64. The molecular formula is C10H11N3O2S. The maximum Gasteiger partial charge on any atom is 0.240 e. The first-order valence-corrected chi connectivity index (χ1v) is 5.42. The molecular weight excluding hydrogens is 226 g/mol. The van der Waals surface area contributed by atoms with E-state index in [0.29, 0.717) is 17.4 Å². The van der Waals surface area contributed by atoms with Gasteiger partial charge in [0.25, 0.3) is 0 Å². The number of carbonyl (C=O) groups is 2. The molecule has 6 heteroatoms. The van der Waals surface area contributed by atoms with Gasteiger partial charge in [-0.25, -0.2) is 4.98 Å². The van der Waals surface area contributed by atoms with E-state index >= 15 is 0 Å². The average molecular weight is 237 g/mol. The topological polar surface area (TPSA) is 71.1 Å². The fourth-order valence-electron chi connectivity index (χ4n) is 0.905. The van der Waals surface area contributed by atoms with Crippen molar-refractivity contribution < 1.29 is 9.59 Å². The minimum Gasteiger partial charge on any atom is -0.301 e. The SMILES string of the molecule is C#CCNCC(=O)Nc1nc(C(C)=O)cs1. The maximum absolute atomic E-state index is 11.3. The lowest BCUT2D eigenvalue weighted by Crippen LogP contribution is -2.28. The van der Waals surface area contributed by atoms with Crippen LogP contribution in [0.25, 0.3) is 0 Å². The van der Waals surface area contributed by atoms with E-state index in [2.05, 4.69) is 21.5 Å². The van der Waals surface area contributed by atoms with Crippen LogP contribution in [0.15, 0.2) is 5.38 Å². The number of aromatic nitrogens is 1. The summed E-state index contributed by atoms with van der Waals surface area (Å²) in [6, 6.07) is 0. The van der Waals surface area contributed by atoms with Crippen molar-refractivity contribution in [1.29, 1.82) is 0 Å². The number of Topliss-reactive ketones (excluding diaryl/α,β-unsaturated/α-hetero) is 1. The lowest BCUT2D eigenvalue weighted by Gasteiger charge is -2.00. The average Bonchev–Trinajstić information content (AvgIpc) is 2.66. The molecule has 0 aromatic carbocycles. The summed E-state index contributed by atoms with van der Waals surface area (Å²) in [5.74, 6) is 2.00. The predicted octanol–water partition coefficient (Wildman–Crippen LogP) is 0.507. The van der Waals surface area contributed by atoms with E-state index in [1.165, 1.54) is 18.3 Å². The van der Waals surface area contributed by atoms with Crippen molar-refractivity contribution in [2.24, 2.45) is 0 Å². The number of nitrogens with zero attached hydrogens (tertiary/aromatic N) is 1. The van der Waals surface area contributed by atoms with Gasteiger partial charge in [-0.1, -0.05) is 5.92 Å². The highest BCUT2D eigenvalue weighted by atomic mass is 32.1. The Morgan fingerprint density at radius 3 is 2.94 bits per heavy atom. The third-order valence-corrected chi connectivity index (χ3v) is 2.38. The highest BCUT2D eigenvalue weighted by Gasteiger charge is 2.08. The van der Waals surface area contributed by atoms with Crippen molar-refractivity contribution >= 4 is 28.2 Å². The van der Waals surface area contributed by atoms with E-state index < -0.39 is 0 Å². The Morgan fingerprint density at radius 2 is 2.38 bits per heavy atom. The Balaban J connectivity index is 2.44. The van der Waals surface area contributed by atoms with Gasteiger partial charge in [-0.2, -0.15) is 0 Å². The molecule has 0 saturated carbocycles. The number of terminal acetylenes is 1. The Hall–Kier alpha value is -1.71. The second-order valence-electron chi connectivity index (χ2n) is 2.95. The second-order valence-corrected chi connectivity index (χ2v) is 3.81. The van der Waals surface area contributed by atoms with Crippen LogP contribution in [-0.2, 0) is 4.79 Å². The van der Waals surface area contributed by atoms with Crippen LogP contribution in [0.4, 0.5) is 5.13 Å². The molecule has 84 valence electrons. The van der Waals surface area contributed by atoms with Crippen LogP contribution in [0.5, 0.6) is 0 Å². The number of carbonyl (C=O) groups excluding carboxylic acids is 2. The minimum absolute atomic E-state index is 0.123. The lowest BCUT2D eigenvalue weighted by atomic mass is 10.4. The molecule has 0 aliphatic rings. The quantitative estimate of drug-likeness (QED) is 0.444.